The number of rotatable bonds is 4. The number of H-pyrrole nitrogens is 1. The van der Waals surface area contributed by atoms with Crippen molar-refractivity contribution >= 4 is 23.7 Å². The van der Waals surface area contributed by atoms with Crippen LogP contribution in [0.2, 0.25) is 0 Å². The predicted octanol–water partition coefficient (Wildman–Crippen LogP) is 2.89. The Hall–Kier alpha value is -2.08. The van der Waals surface area contributed by atoms with Crippen molar-refractivity contribution in [2.45, 2.75) is 9.92 Å². The maximum atomic E-state index is 10.5. The second-order valence-corrected chi connectivity index (χ2v) is 4.36. The van der Waals surface area contributed by atoms with Crippen LogP contribution in [0.3, 0.4) is 0 Å². The number of nitro benzene ring substituents is 1. The van der Waals surface area contributed by atoms with Crippen molar-refractivity contribution in [3.8, 4) is 0 Å². The van der Waals surface area contributed by atoms with E-state index in [-0.39, 0.29) is 5.69 Å². The first-order valence-electron chi connectivity index (χ1n) is 4.75. The van der Waals surface area contributed by atoms with Gasteiger partial charge in [0.25, 0.3) is 5.69 Å². The summed E-state index contributed by atoms with van der Waals surface area (Å²) in [5, 5.41) is 11.3. The number of carbonyl (C=O) groups excluding carboxylic acids is 1. The molecular weight excluding hydrogens is 240 g/mol. The molecule has 0 aliphatic rings. The van der Waals surface area contributed by atoms with Gasteiger partial charge in [0, 0.05) is 17.0 Å². The average molecular weight is 248 g/mol. The van der Waals surface area contributed by atoms with Crippen LogP contribution in [0.25, 0.3) is 0 Å². The second kappa shape index (κ2) is 4.84. The number of nitro groups is 1. The zero-order valence-corrected chi connectivity index (χ0v) is 9.44. The number of aromatic amines is 1. The molecular formula is C11H8N2O3S. The third-order valence-corrected chi connectivity index (χ3v) is 3.05. The van der Waals surface area contributed by atoms with Crippen molar-refractivity contribution in [3.05, 3.63) is 52.2 Å². The fourth-order valence-corrected chi connectivity index (χ4v) is 2.11. The molecule has 2 rings (SSSR count). The molecule has 1 N–H and O–H groups in total. The minimum Gasteiger partial charge on any atom is -0.347 e. The van der Waals surface area contributed by atoms with Crippen LogP contribution in [0.4, 0.5) is 5.69 Å². The smallest absolute Gasteiger partial charge is 0.269 e. The lowest BCUT2D eigenvalue weighted by atomic mass is 10.3. The third-order valence-electron chi connectivity index (χ3n) is 2.08. The van der Waals surface area contributed by atoms with Crippen LogP contribution in [0.1, 0.15) is 10.5 Å². The molecule has 0 spiro atoms. The number of hydrogen-bond donors (Lipinski definition) is 1. The molecule has 86 valence electrons. The van der Waals surface area contributed by atoms with Gasteiger partial charge in [-0.1, -0.05) is 11.8 Å². The Morgan fingerprint density at radius 3 is 2.41 bits per heavy atom. The van der Waals surface area contributed by atoms with Gasteiger partial charge in [0.1, 0.15) is 0 Å². The van der Waals surface area contributed by atoms with Crippen molar-refractivity contribution in [2.75, 3.05) is 0 Å². The molecule has 0 radical (unpaired) electrons. The van der Waals surface area contributed by atoms with Crippen molar-refractivity contribution in [1.82, 2.24) is 4.98 Å². The van der Waals surface area contributed by atoms with Crippen LogP contribution < -0.4 is 0 Å². The molecule has 5 nitrogen and oxygen atoms in total. The molecule has 1 heterocycles. The number of nitrogens with one attached hydrogen (secondary N) is 1. The Balaban J connectivity index is 2.13. The van der Waals surface area contributed by atoms with E-state index in [2.05, 4.69) is 4.98 Å². The number of nitrogens with zero attached hydrogens (tertiary/aromatic N) is 1. The molecule has 0 aliphatic carbocycles. The van der Waals surface area contributed by atoms with E-state index in [1.807, 2.05) is 0 Å². The van der Waals surface area contributed by atoms with Gasteiger partial charge in [0.2, 0.25) is 0 Å². The van der Waals surface area contributed by atoms with Crippen LogP contribution in [0.5, 0.6) is 0 Å². The molecule has 0 amide bonds. The first-order valence-corrected chi connectivity index (χ1v) is 5.57. The Morgan fingerprint density at radius 2 is 1.88 bits per heavy atom. The minimum absolute atomic E-state index is 0.0643. The monoisotopic (exact) mass is 248 g/mol. The van der Waals surface area contributed by atoms with Gasteiger partial charge in [-0.05, 0) is 24.3 Å². The van der Waals surface area contributed by atoms with Gasteiger partial charge in [-0.25, -0.2) is 0 Å². The van der Waals surface area contributed by atoms with E-state index >= 15 is 0 Å². The molecule has 6 heteroatoms. The van der Waals surface area contributed by atoms with Crippen molar-refractivity contribution in [2.24, 2.45) is 0 Å². The van der Waals surface area contributed by atoms with Crippen LogP contribution in [0.15, 0.2) is 46.3 Å². The largest absolute Gasteiger partial charge is 0.347 e. The van der Waals surface area contributed by atoms with Crippen molar-refractivity contribution in [3.63, 3.8) is 0 Å². The van der Waals surface area contributed by atoms with Crippen LogP contribution in [-0.4, -0.2) is 16.2 Å². The number of hydrogen-bond acceptors (Lipinski definition) is 4. The maximum absolute atomic E-state index is 10.5. The fourth-order valence-electron chi connectivity index (χ4n) is 1.28. The first kappa shape index (κ1) is 11.4. The normalized spacial score (nSPS) is 10.1. The van der Waals surface area contributed by atoms with Gasteiger partial charge in [-0.15, -0.1) is 0 Å². The third kappa shape index (κ3) is 2.73. The van der Waals surface area contributed by atoms with Crippen molar-refractivity contribution in [1.29, 1.82) is 0 Å². The Kier molecular flexibility index (Phi) is 3.24. The fraction of sp³-hybridized carbons (Fsp3) is 0. The molecule has 0 fully saturated rings. The van der Waals surface area contributed by atoms with E-state index in [9.17, 15) is 14.9 Å². The number of aromatic nitrogens is 1. The summed E-state index contributed by atoms with van der Waals surface area (Å²) in [6.07, 6.45) is 0.736. The van der Waals surface area contributed by atoms with Gasteiger partial charge in [0.15, 0.2) is 6.29 Å². The van der Waals surface area contributed by atoms with Crippen LogP contribution >= 0.6 is 11.8 Å². The number of carbonyl (C=O) groups is 1. The SMILES string of the molecule is O=Cc1ccc(Sc2ccc([N+](=O)[O-])cc2)[nH]1. The maximum Gasteiger partial charge on any atom is 0.269 e. The summed E-state index contributed by atoms with van der Waals surface area (Å²) in [5.74, 6) is 0. The van der Waals surface area contributed by atoms with Gasteiger partial charge in [-0.2, -0.15) is 0 Å². The topological polar surface area (TPSA) is 76.0 Å². The van der Waals surface area contributed by atoms with Crippen LogP contribution in [-0.2, 0) is 0 Å². The molecule has 0 bridgehead atoms. The van der Waals surface area contributed by atoms with E-state index in [1.54, 1.807) is 24.3 Å². The summed E-state index contributed by atoms with van der Waals surface area (Å²) in [6.45, 7) is 0. The predicted molar refractivity (Wildman–Crippen MR) is 63.4 cm³/mol. The van der Waals surface area contributed by atoms with E-state index in [4.69, 9.17) is 0 Å². The zero-order valence-electron chi connectivity index (χ0n) is 8.62. The molecule has 17 heavy (non-hydrogen) atoms. The quantitative estimate of drug-likeness (QED) is 0.512. The van der Waals surface area contributed by atoms with Crippen LogP contribution in [0, 0.1) is 10.1 Å². The minimum atomic E-state index is -0.437. The summed E-state index contributed by atoms with van der Waals surface area (Å²) in [7, 11) is 0. The lowest BCUT2D eigenvalue weighted by molar-refractivity contribution is -0.384. The van der Waals surface area contributed by atoms with Crippen molar-refractivity contribution < 1.29 is 9.72 Å². The Morgan fingerprint density at radius 1 is 1.18 bits per heavy atom. The lowest BCUT2D eigenvalue weighted by Crippen LogP contribution is -1.86. The highest BCUT2D eigenvalue weighted by atomic mass is 32.2. The first-order chi connectivity index (χ1) is 8.19. The molecule has 2 aromatic rings. The lowest BCUT2D eigenvalue weighted by Gasteiger charge is -1.98. The summed E-state index contributed by atoms with van der Waals surface area (Å²) in [4.78, 5) is 24.3. The molecule has 1 aromatic carbocycles. The van der Waals surface area contributed by atoms with E-state index in [1.165, 1.54) is 23.9 Å². The van der Waals surface area contributed by atoms with E-state index < -0.39 is 4.92 Å². The van der Waals surface area contributed by atoms with Gasteiger partial charge < -0.3 is 4.98 Å². The molecule has 0 aliphatic heterocycles. The average Bonchev–Trinajstić information content (AvgIpc) is 2.77. The summed E-state index contributed by atoms with van der Waals surface area (Å²) in [5.41, 5.74) is 0.573. The molecule has 0 unspecified atom stereocenters. The van der Waals surface area contributed by atoms with E-state index in [0.717, 1.165) is 16.2 Å². The molecule has 0 atom stereocenters. The molecule has 0 saturated heterocycles. The highest BCUT2D eigenvalue weighted by Crippen LogP contribution is 2.27. The standard InChI is InChI=1S/C11H8N2O3S/c14-7-8-1-6-11(12-8)17-10-4-2-9(3-5-10)13(15)16/h1-7,12H. The summed E-state index contributed by atoms with van der Waals surface area (Å²) < 4.78 is 0. The van der Waals surface area contributed by atoms with Gasteiger partial charge >= 0.3 is 0 Å². The summed E-state index contributed by atoms with van der Waals surface area (Å²) in [6, 6.07) is 9.71. The van der Waals surface area contributed by atoms with E-state index in [0.29, 0.717) is 5.69 Å². The molecule has 1 aromatic heterocycles. The Labute approximate surface area is 101 Å². The second-order valence-electron chi connectivity index (χ2n) is 3.25. The highest BCUT2D eigenvalue weighted by molar-refractivity contribution is 7.99. The number of aldehydes is 1. The number of non-ortho nitro benzene ring substituents is 1. The Bertz CT molecular complexity index is 548. The van der Waals surface area contributed by atoms with Gasteiger partial charge in [-0.3, -0.25) is 14.9 Å². The molecule has 0 saturated carbocycles. The number of benzene rings is 1. The summed E-state index contributed by atoms with van der Waals surface area (Å²) >= 11 is 1.41. The highest BCUT2D eigenvalue weighted by Gasteiger charge is 2.05. The van der Waals surface area contributed by atoms with Gasteiger partial charge in [0.05, 0.1) is 15.6 Å². The zero-order chi connectivity index (χ0) is 12.3.